The topological polar surface area (TPSA) is 29.5 Å². The molecule has 0 aliphatic rings. The predicted molar refractivity (Wildman–Crippen MR) is 52.0 cm³/mol. The summed E-state index contributed by atoms with van der Waals surface area (Å²) >= 11 is 0. The average molecular weight is 230 g/mol. The fourth-order valence-corrected chi connectivity index (χ4v) is 1.14. The fourth-order valence-electron chi connectivity index (χ4n) is 1.14. The Balaban J connectivity index is 3.17. The van der Waals surface area contributed by atoms with Gasteiger partial charge >= 0.3 is 6.18 Å². The van der Waals surface area contributed by atoms with Crippen LogP contribution >= 0.6 is 0 Å². The summed E-state index contributed by atoms with van der Waals surface area (Å²) in [6, 6.07) is 3.32. The molecule has 1 aromatic carbocycles. The maximum Gasteiger partial charge on any atom is 0.419 e. The van der Waals surface area contributed by atoms with E-state index in [4.69, 9.17) is 5.11 Å². The number of methoxy groups -OCH3 is 1. The molecule has 2 nitrogen and oxygen atoms in total. The number of alkyl halides is 3. The maximum atomic E-state index is 12.5. The Bertz CT molecular complexity index is 427. The molecule has 0 atom stereocenters. The summed E-state index contributed by atoms with van der Waals surface area (Å²) < 4.78 is 42.0. The molecule has 0 aliphatic carbocycles. The average Bonchev–Trinajstić information content (AvgIpc) is 2.24. The van der Waals surface area contributed by atoms with Crippen LogP contribution in [0.15, 0.2) is 18.2 Å². The van der Waals surface area contributed by atoms with E-state index in [2.05, 4.69) is 16.6 Å². The quantitative estimate of drug-likeness (QED) is 0.748. The number of hydrogen-bond acceptors (Lipinski definition) is 2. The minimum Gasteiger partial charge on any atom is -0.496 e. The van der Waals surface area contributed by atoms with Crippen LogP contribution in [0.5, 0.6) is 5.75 Å². The van der Waals surface area contributed by atoms with Crippen LogP contribution in [-0.2, 0) is 6.18 Å². The summed E-state index contributed by atoms with van der Waals surface area (Å²) in [4.78, 5) is 0. The minimum atomic E-state index is -4.45. The zero-order chi connectivity index (χ0) is 12.2. The Morgan fingerprint density at radius 2 is 2.06 bits per heavy atom. The summed E-state index contributed by atoms with van der Waals surface area (Å²) in [5.41, 5.74) is -0.483. The van der Waals surface area contributed by atoms with Gasteiger partial charge in [0.1, 0.15) is 12.4 Å². The molecule has 0 fully saturated rings. The van der Waals surface area contributed by atoms with E-state index in [0.29, 0.717) is 5.56 Å². The zero-order valence-corrected chi connectivity index (χ0v) is 8.43. The van der Waals surface area contributed by atoms with Gasteiger partial charge in [-0.05, 0) is 18.2 Å². The van der Waals surface area contributed by atoms with E-state index in [-0.39, 0.29) is 12.4 Å². The number of aliphatic hydroxyl groups is 1. The molecule has 0 bridgehead atoms. The van der Waals surface area contributed by atoms with E-state index in [1.165, 1.54) is 12.1 Å². The first kappa shape index (κ1) is 12.4. The van der Waals surface area contributed by atoms with Crippen LogP contribution in [-0.4, -0.2) is 18.8 Å². The van der Waals surface area contributed by atoms with E-state index in [0.717, 1.165) is 13.2 Å². The van der Waals surface area contributed by atoms with Crippen LogP contribution in [0.3, 0.4) is 0 Å². The molecule has 0 radical (unpaired) electrons. The van der Waals surface area contributed by atoms with E-state index >= 15 is 0 Å². The van der Waals surface area contributed by atoms with Gasteiger partial charge in [-0.15, -0.1) is 0 Å². The second kappa shape index (κ2) is 4.90. The zero-order valence-electron chi connectivity index (χ0n) is 8.43. The van der Waals surface area contributed by atoms with Crippen molar-refractivity contribution in [3.63, 3.8) is 0 Å². The molecular formula is C11H9F3O2. The minimum absolute atomic E-state index is 0.280. The number of aliphatic hydroxyl groups excluding tert-OH is 1. The van der Waals surface area contributed by atoms with Crippen molar-refractivity contribution in [2.75, 3.05) is 13.7 Å². The molecule has 0 saturated heterocycles. The van der Waals surface area contributed by atoms with E-state index < -0.39 is 11.7 Å². The van der Waals surface area contributed by atoms with Gasteiger partial charge < -0.3 is 9.84 Å². The van der Waals surface area contributed by atoms with Crippen LogP contribution in [0.25, 0.3) is 0 Å². The third-order valence-corrected chi connectivity index (χ3v) is 1.82. The number of benzene rings is 1. The maximum absolute atomic E-state index is 12.5. The van der Waals surface area contributed by atoms with Crippen molar-refractivity contribution in [2.45, 2.75) is 6.18 Å². The molecule has 16 heavy (non-hydrogen) atoms. The van der Waals surface area contributed by atoms with Gasteiger partial charge in [-0.1, -0.05) is 11.8 Å². The van der Waals surface area contributed by atoms with Crippen molar-refractivity contribution in [3.8, 4) is 17.6 Å². The standard InChI is InChI=1S/C11H9F3O2/c1-16-10-7-8(3-2-6-15)4-5-9(10)11(12,13)14/h4-5,7,15H,6H2,1H3. The summed E-state index contributed by atoms with van der Waals surface area (Å²) in [5, 5.41) is 8.45. The summed E-state index contributed by atoms with van der Waals surface area (Å²) in [6.45, 7) is -0.344. The van der Waals surface area contributed by atoms with Gasteiger partial charge in [-0.3, -0.25) is 0 Å². The Labute approximate surface area is 90.7 Å². The summed E-state index contributed by atoms with van der Waals surface area (Å²) in [7, 11) is 1.16. The third kappa shape index (κ3) is 2.91. The molecule has 0 saturated carbocycles. The normalized spacial score (nSPS) is 10.6. The van der Waals surface area contributed by atoms with Crippen molar-refractivity contribution in [1.29, 1.82) is 0 Å². The highest BCUT2D eigenvalue weighted by molar-refractivity contribution is 5.45. The van der Waals surface area contributed by atoms with E-state index in [1.54, 1.807) is 0 Å². The number of halogens is 3. The Hall–Kier alpha value is -1.67. The monoisotopic (exact) mass is 230 g/mol. The Kier molecular flexibility index (Phi) is 3.80. The molecule has 1 rings (SSSR count). The van der Waals surface area contributed by atoms with Gasteiger partial charge in [0, 0.05) is 5.56 Å². The molecule has 1 N–H and O–H groups in total. The third-order valence-electron chi connectivity index (χ3n) is 1.82. The van der Waals surface area contributed by atoms with Crippen LogP contribution in [0.2, 0.25) is 0 Å². The largest absolute Gasteiger partial charge is 0.496 e. The lowest BCUT2D eigenvalue weighted by Crippen LogP contribution is -2.07. The van der Waals surface area contributed by atoms with Crippen LogP contribution in [0.4, 0.5) is 13.2 Å². The lowest BCUT2D eigenvalue weighted by atomic mass is 10.1. The molecule has 0 spiro atoms. The highest BCUT2D eigenvalue weighted by Gasteiger charge is 2.34. The molecule has 0 unspecified atom stereocenters. The molecule has 0 heterocycles. The highest BCUT2D eigenvalue weighted by atomic mass is 19.4. The lowest BCUT2D eigenvalue weighted by molar-refractivity contribution is -0.138. The Morgan fingerprint density at radius 3 is 2.56 bits per heavy atom. The first-order valence-electron chi connectivity index (χ1n) is 4.34. The van der Waals surface area contributed by atoms with Crippen LogP contribution in [0.1, 0.15) is 11.1 Å². The number of hydrogen-bond donors (Lipinski definition) is 1. The molecule has 5 heteroatoms. The van der Waals surface area contributed by atoms with E-state index in [1.807, 2.05) is 0 Å². The smallest absolute Gasteiger partial charge is 0.419 e. The van der Waals surface area contributed by atoms with Gasteiger partial charge in [-0.25, -0.2) is 0 Å². The first-order valence-corrected chi connectivity index (χ1v) is 4.34. The van der Waals surface area contributed by atoms with Crippen molar-refractivity contribution in [2.24, 2.45) is 0 Å². The molecule has 86 valence electrons. The van der Waals surface area contributed by atoms with E-state index in [9.17, 15) is 13.2 Å². The first-order chi connectivity index (χ1) is 7.49. The van der Waals surface area contributed by atoms with Gasteiger partial charge in [-0.2, -0.15) is 13.2 Å². The van der Waals surface area contributed by atoms with Crippen molar-refractivity contribution >= 4 is 0 Å². The van der Waals surface area contributed by atoms with Crippen molar-refractivity contribution in [1.82, 2.24) is 0 Å². The molecule has 1 aromatic rings. The highest BCUT2D eigenvalue weighted by Crippen LogP contribution is 2.36. The number of rotatable bonds is 1. The SMILES string of the molecule is COc1cc(C#CCO)ccc1C(F)(F)F. The Morgan fingerprint density at radius 1 is 1.38 bits per heavy atom. The van der Waals surface area contributed by atoms with Crippen molar-refractivity contribution < 1.29 is 23.0 Å². The van der Waals surface area contributed by atoms with Gasteiger partial charge in [0.15, 0.2) is 0 Å². The van der Waals surface area contributed by atoms with Crippen molar-refractivity contribution in [3.05, 3.63) is 29.3 Å². The molecule has 0 amide bonds. The second-order valence-corrected chi connectivity index (χ2v) is 2.87. The summed E-state index contributed by atoms with van der Waals surface area (Å²) in [5.74, 6) is 4.56. The molecule has 0 aliphatic heterocycles. The fraction of sp³-hybridized carbons (Fsp3) is 0.273. The predicted octanol–water partition coefficient (Wildman–Crippen LogP) is 2.06. The van der Waals surface area contributed by atoms with Gasteiger partial charge in [0.05, 0.1) is 12.7 Å². The molecule has 0 aromatic heterocycles. The van der Waals surface area contributed by atoms with Gasteiger partial charge in [0.2, 0.25) is 0 Å². The van der Waals surface area contributed by atoms with Gasteiger partial charge in [0.25, 0.3) is 0 Å². The second-order valence-electron chi connectivity index (χ2n) is 2.87. The summed E-state index contributed by atoms with van der Waals surface area (Å²) in [6.07, 6.45) is -4.45. The van der Waals surface area contributed by atoms with Crippen LogP contribution in [0, 0.1) is 11.8 Å². The van der Waals surface area contributed by atoms with Crippen LogP contribution < -0.4 is 4.74 Å². The number of ether oxygens (including phenoxy) is 1. The lowest BCUT2D eigenvalue weighted by Gasteiger charge is -2.11. The molecular weight excluding hydrogens is 221 g/mol.